The van der Waals surface area contributed by atoms with Crippen LogP contribution in [0.1, 0.15) is 12.5 Å². The summed E-state index contributed by atoms with van der Waals surface area (Å²) in [4.78, 5) is 9.14. The molecule has 33 heavy (non-hydrogen) atoms. The van der Waals surface area contributed by atoms with Gasteiger partial charge in [0.1, 0.15) is 22.3 Å². The second-order valence-electron chi connectivity index (χ2n) is 6.75. The smallest absolute Gasteiger partial charge is 0.200 e. The van der Waals surface area contributed by atoms with E-state index >= 15 is 0 Å². The lowest BCUT2D eigenvalue weighted by molar-refractivity contribution is 0.340. The van der Waals surface area contributed by atoms with Gasteiger partial charge in [-0.1, -0.05) is 12.1 Å². The predicted molar refractivity (Wildman–Crippen MR) is 128 cm³/mol. The Morgan fingerprint density at radius 1 is 1.03 bits per heavy atom. The van der Waals surface area contributed by atoms with Crippen LogP contribution in [0.2, 0.25) is 0 Å². The Kier molecular flexibility index (Phi) is 6.45. The normalized spacial score (nSPS) is 11.1. The van der Waals surface area contributed by atoms with E-state index < -0.39 is 0 Å². The van der Waals surface area contributed by atoms with E-state index in [0.717, 1.165) is 5.56 Å². The Balaban J connectivity index is 1.67. The van der Waals surface area contributed by atoms with E-state index in [0.29, 0.717) is 38.8 Å². The van der Waals surface area contributed by atoms with Gasteiger partial charge in [-0.15, -0.1) is 11.3 Å². The average Bonchev–Trinajstić information content (AvgIpc) is 3.17. The van der Waals surface area contributed by atoms with Gasteiger partial charge < -0.3 is 24.4 Å². The topological polar surface area (TPSA) is 118 Å². The van der Waals surface area contributed by atoms with Crippen molar-refractivity contribution in [3.63, 3.8) is 0 Å². The maximum Gasteiger partial charge on any atom is 0.200 e. The lowest BCUT2D eigenvalue weighted by Crippen LogP contribution is -1.96. The monoisotopic (exact) mass is 466 g/mol. The standard InChI is InChI=1S/C23H22N4O5S/c1-4-32-15-8-6-5-7-14(15)21-20(29)18-22(33-21)23(25-12-24-18)27-26-11-13-9-16(30-2)19(28)17(10-13)31-3/h5-12,28-29H,4H2,1-3H3,(H,24,25,27)/b26-11+. The SMILES string of the molecule is CCOc1ccccc1-c1sc2c(N/N=C/c3cc(OC)c(O)c(OC)c3)ncnc2c1O. The Labute approximate surface area is 193 Å². The number of hydrogen-bond donors (Lipinski definition) is 3. The van der Waals surface area contributed by atoms with E-state index in [9.17, 15) is 10.2 Å². The van der Waals surface area contributed by atoms with Gasteiger partial charge in [0, 0.05) is 11.1 Å². The second-order valence-corrected chi connectivity index (χ2v) is 7.77. The van der Waals surface area contributed by atoms with E-state index in [1.165, 1.54) is 38.1 Å². The third-order valence-electron chi connectivity index (χ3n) is 4.77. The van der Waals surface area contributed by atoms with Gasteiger partial charge in [0.15, 0.2) is 23.1 Å². The fraction of sp³-hybridized carbons (Fsp3) is 0.174. The number of para-hydroxylation sites is 1. The molecule has 10 heteroatoms. The average molecular weight is 467 g/mol. The lowest BCUT2D eigenvalue weighted by Gasteiger charge is -2.09. The van der Waals surface area contributed by atoms with Crippen LogP contribution in [-0.4, -0.2) is 47.2 Å². The van der Waals surface area contributed by atoms with Gasteiger partial charge in [0.25, 0.3) is 0 Å². The highest BCUT2D eigenvalue weighted by Crippen LogP contribution is 2.47. The van der Waals surface area contributed by atoms with Crippen molar-refractivity contribution in [1.29, 1.82) is 0 Å². The van der Waals surface area contributed by atoms with E-state index in [2.05, 4.69) is 20.5 Å². The van der Waals surface area contributed by atoms with Gasteiger partial charge in [-0.05, 0) is 31.2 Å². The second kappa shape index (κ2) is 9.61. The molecule has 0 fully saturated rings. The van der Waals surface area contributed by atoms with Crippen molar-refractivity contribution in [3.05, 3.63) is 48.3 Å². The number of ether oxygens (including phenoxy) is 3. The molecule has 0 aliphatic rings. The zero-order valence-corrected chi connectivity index (χ0v) is 19.0. The van der Waals surface area contributed by atoms with Crippen molar-refractivity contribution in [2.24, 2.45) is 5.10 Å². The molecule has 0 aliphatic carbocycles. The first-order valence-corrected chi connectivity index (χ1v) is 10.8. The molecule has 0 spiro atoms. The molecule has 2 aromatic heterocycles. The summed E-state index contributed by atoms with van der Waals surface area (Å²) in [5.74, 6) is 1.62. The first-order valence-electron chi connectivity index (χ1n) is 10.00. The van der Waals surface area contributed by atoms with Crippen molar-refractivity contribution in [2.75, 3.05) is 26.3 Å². The summed E-state index contributed by atoms with van der Waals surface area (Å²) in [6, 6.07) is 10.8. The molecular formula is C23H22N4O5S. The minimum atomic E-state index is -0.0865. The van der Waals surface area contributed by atoms with Crippen LogP contribution < -0.4 is 19.6 Å². The van der Waals surface area contributed by atoms with Gasteiger partial charge in [-0.2, -0.15) is 5.10 Å². The molecule has 4 aromatic rings. The molecule has 0 aliphatic heterocycles. The van der Waals surface area contributed by atoms with Crippen molar-refractivity contribution in [2.45, 2.75) is 6.92 Å². The number of phenolic OH excluding ortho intramolecular Hbond substituents is 1. The molecule has 0 atom stereocenters. The Hall–Kier alpha value is -4.05. The maximum atomic E-state index is 10.9. The molecular weight excluding hydrogens is 444 g/mol. The van der Waals surface area contributed by atoms with Gasteiger partial charge >= 0.3 is 0 Å². The summed E-state index contributed by atoms with van der Waals surface area (Å²) in [5, 5.41) is 25.1. The number of phenols is 1. The summed E-state index contributed by atoms with van der Waals surface area (Å²) in [7, 11) is 2.91. The number of thiophene rings is 1. The number of aromatic hydroxyl groups is 2. The minimum absolute atomic E-state index is 0.0598. The van der Waals surface area contributed by atoms with E-state index in [1.807, 2.05) is 31.2 Å². The van der Waals surface area contributed by atoms with Gasteiger partial charge in [0.2, 0.25) is 5.75 Å². The molecule has 2 aromatic carbocycles. The number of fused-ring (bicyclic) bond motifs is 1. The quantitative estimate of drug-likeness (QED) is 0.254. The van der Waals surface area contributed by atoms with Crippen LogP contribution in [0.15, 0.2) is 47.8 Å². The van der Waals surface area contributed by atoms with Crippen LogP contribution in [0.25, 0.3) is 20.7 Å². The summed E-state index contributed by atoms with van der Waals surface area (Å²) < 4.78 is 16.7. The summed E-state index contributed by atoms with van der Waals surface area (Å²) in [6.07, 6.45) is 2.90. The van der Waals surface area contributed by atoms with Crippen LogP contribution in [-0.2, 0) is 0 Å². The molecule has 0 saturated heterocycles. The highest BCUT2D eigenvalue weighted by atomic mass is 32.1. The number of nitrogens with one attached hydrogen (secondary N) is 1. The van der Waals surface area contributed by atoms with Crippen LogP contribution in [0.4, 0.5) is 5.82 Å². The fourth-order valence-electron chi connectivity index (χ4n) is 3.25. The van der Waals surface area contributed by atoms with Gasteiger partial charge in [-0.25, -0.2) is 9.97 Å². The molecule has 9 nitrogen and oxygen atoms in total. The minimum Gasteiger partial charge on any atom is -0.504 e. The van der Waals surface area contributed by atoms with Crippen molar-refractivity contribution in [1.82, 2.24) is 9.97 Å². The number of methoxy groups -OCH3 is 2. The van der Waals surface area contributed by atoms with Gasteiger partial charge in [-0.3, -0.25) is 5.43 Å². The van der Waals surface area contributed by atoms with Crippen LogP contribution in [0, 0.1) is 0 Å². The number of rotatable bonds is 8. The summed E-state index contributed by atoms with van der Waals surface area (Å²) >= 11 is 1.34. The van der Waals surface area contributed by atoms with Crippen LogP contribution in [0.5, 0.6) is 28.7 Å². The predicted octanol–water partition coefficient (Wildman–Crippen LogP) is 4.63. The van der Waals surface area contributed by atoms with Crippen LogP contribution >= 0.6 is 11.3 Å². The number of hydrogen-bond acceptors (Lipinski definition) is 10. The molecule has 0 saturated carbocycles. The third-order valence-corrected chi connectivity index (χ3v) is 5.97. The lowest BCUT2D eigenvalue weighted by atomic mass is 10.1. The molecule has 2 heterocycles. The van der Waals surface area contributed by atoms with E-state index in [4.69, 9.17) is 14.2 Å². The van der Waals surface area contributed by atoms with Gasteiger partial charge in [0.05, 0.1) is 31.9 Å². The molecule has 0 amide bonds. The Morgan fingerprint density at radius 2 is 1.76 bits per heavy atom. The largest absolute Gasteiger partial charge is 0.504 e. The fourth-order valence-corrected chi connectivity index (χ4v) is 4.37. The zero-order valence-electron chi connectivity index (χ0n) is 18.2. The molecule has 3 N–H and O–H groups in total. The summed E-state index contributed by atoms with van der Waals surface area (Å²) in [5.41, 5.74) is 4.73. The molecule has 0 radical (unpaired) electrons. The maximum absolute atomic E-state index is 10.9. The molecule has 0 unspecified atom stereocenters. The number of anilines is 1. The van der Waals surface area contributed by atoms with Crippen molar-refractivity contribution in [3.8, 4) is 39.2 Å². The van der Waals surface area contributed by atoms with Crippen LogP contribution in [0.3, 0.4) is 0 Å². The number of benzene rings is 2. The molecule has 4 rings (SSSR count). The Morgan fingerprint density at radius 3 is 2.45 bits per heavy atom. The molecule has 0 bridgehead atoms. The first-order chi connectivity index (χ1) is 16.1. The number of aromatic nitrogens is 2. The van der Waals surface area contributed by atoms with Crippen molar-refractivity contribution < 1.29 is 24.4 Å². The number of hydrazone groups is 1. The van der Waals surface area contributed by atoms with E-state index in [1.54, 1.807) is 12.1 Å². The first kappa shape index (κ1) is 22.2. The summed E-state index contributed by atoms with van der Waals surface area (Å²) in [6.45, 7) is 2.42. The zero-order chi connectivity index (χ0) is 23.4. The van der Waals surface area contributed by atoms with E-state index in [-0.39, 0.29) is 23.0 Å². The third kappa shape index (κ3) is 4.33. The van der Waals surface area contributed by atoms with Crippen molar-refractivity contribution >= 4 is 33.6 Å². The highest BCUT2D eigenvalue weighted by molar-refractivity contribution is 7.23. The molecule has 170 valence electrons. The number of nitrogens with zero attached hydrogens (tertiary/aromatic N) is 3. The Bertz CT molecular complexity index is 1300. The highest BCUT2D eigenvalue weighted by Gasteiger charge is 2.20.